The maximum absolute atomic E-state index is 13.4. The molecule has 0 unspecified atom stereocenters. The van der Waals surface area contributed by atoms with Crippen molar-refractivity contribution in [1.29, 1.82) is 0 Å². The van der Waals surface area contributed by atoms with Crippen molar-refractivity contribution in [3.63, 3.8) is 0 Å². The molecule has 0 spiro atoms. The van der Waals surface area contributed by atoms with E-state index in [2.05, 4.69) is 30.8 Å². The number of alkyl halides is 3. The number of hydrogen-bond donors (Lipinski definition) is 5. The van der Waals surface area contributed by atoms with Crippen LogP contribution in [0.3, 0.4) is 0 Å². The Morgan fingerprint density at radius 3 is 2.14 bits per heavy atom. The van der Waals surface area contributed by atoms with Crippen LogP contribution in [0, 0.1) is 5.82 Å². The second kappa shape index (κ2) is 15.0. The highest BCUT2D eigenvalue weighted by Crippen LogP contribution is 2.25. The molecule has 0 radical (unpaired) electrons. The monoisotopic (exact) mass is 613 g/mol. The van der Waals surface area contributed by atoms with Crippen LogP contribution in [-0.2, 0) is 17.8 Å². The lowest BCUT2D eigenvalue weighted by molar-refractivity contribution is -0.192. The molecule has 10 nitrogen and oxygen atoms in total. The standard InChI is InChI=1S/C28H30FN7O.C2HF3O2/c29-23-9-7-21(8-10-23)25-4-2-1-3-22(25)19-32-27-33-26(31-14-13-20-5-11-24(37)12-6-20)34-28(35-27)36-17-15-30-16-18-36;3-2(4,5)1(6)7/h1-12,30,37H,13-19H2,(H2,31,32,33,34,35);(H,6,7). The molecule has 232 valence electrons. The number of phenols is 1. The number of phenolic OH excluding ortho intramolecular Hbond substituents is 1. The number of hydrogen-bond acceptors (Lipinski definition) is 9. The van der Waals surface area contributed by atoms with Crippen molar-refractivity contribution in [3.8, 4) is 16.9 Å². The summed E-state index contributed by atoms with van der Waals surface area (Å²) in [7, 11) is 0. The van der Waals surface area contributed by atoms with Gasteiger partial charge in [-0.25, -0.2) is 9.18 Å². The molecule has 0 aliphatic carbocycles. The number of carbonyl (C=O) groups is 1. The predicted molar refractivity (Wildman–Crippen MR) is 158 cm³/mol. The van der Waals surface area contributed by atoms with Gasteiger partial charge in [0.15, 0.2) is 0 Å². The second-order valence-electron chi connectivity index (χ2n) is 9.68. The SMILES string of the molecule is O=C(O)C(F)(F)F.Oc1ccc(CCNc2nc(NCc3ccccc3-c3ccc(F)cc3)nc(N3CCNCC3)n2)cc1. The number of carboxylic acid groups (broad SMARTS) is 1. The van der Waals surface area contributed by atoms with Gasteiger partial charge in [-0.3, -0.25) is 0 Å². The molecule has 1 aromatic heterocycles. The minimum Gasteiger partial charge on any atom is -0.508 e. The number of piperazine rings is 1. The average molecular weight is 614 g/mol. The highest BCUT2D eigenvalue weighted by atomic mass is 19.4. The van der Waals surface area contributed by atoms with E-state index in [1.807, 2.05) is 36.4 Å². The number of anilines is 3. The Kier molecular flexibility index (Phi) is 10.9. The summed E-state index contributed by atoms with van der Waals surface area (Å²) >= 11 is 0. The molecule has 2 heterocycles. The molecule has 3 aromatic carbocycles. The number of nitrogens with zero attached hydrogens (tertiary/aromatic N) is 4. The number of benzene rings is 3. The maximum Gasteiger partial charge on any atom is 0.490 e. The summed E-state index contributed by atoms with van der Waals surface area (Å²) in [6.45, 7) is 4.55. The van der Waals surface area contributed by atoms with E-state index in [1.165, 1.54) is 12.1 Å². The molecule has 1 aliphatic heterocycles. The molecule has 5 N–H and O–H groups in total. The molecule has 1 saturated heterocycles. The number of rotatable bonds is 9. The van der Waals surface area contributed by atoms with Crippen LogP contribution in [0.15, 0.2) is 72.8 Å². The summed E-state index contributed by atoms with van der Waals surface area (Å²) in [5, 5.41) is 26.7. The summed E-state index contributed by atoms with van der Waals surface area (Å²) in [5.74, 6) is -1.12. The zero-order valence-electron chi connectivity index (χ0n) is 23.5. The van der Waals surface area contributed by atoms with E-state index in [0.29, 0.717) is 30.9 Å². The fourth-order valence-electron chi connectivity index (χ4n) is 4.27. The van der Waals surface area contributed by atoms with Crippen LogP contribution in [0.25, 0.3) is 11.1 Å². The van der Waals surface area contributed by atoms with Gasteiger partial charge in [-0.2, -0.15) is 28.1 Å². The van der Waals surface area contributed by atoms with Gasteiger partial charge < -0.3 is 31.1 Å². The first-order valence-corrected chi connectivity index (χ1v) is 13.7. The van der Waals surface area contributed by atoms with Crippen LogP contribution in [-0.4, -0.2) is 70.0 Å². The zero-order chi connectivity index (χ0) is 31.5. The predicted octanol–water partition coefficient (Wildman–Crippen LogP) is 4.69. The molecular formula is C30H31F4N7O3. The highest BCUT2D eigenvalue weighted by Gasteiger charge is 2.38. The third kappa shape index (κ3) is 9.52. The Labute approximate surface area is 250 Å². The van der Waals surface area contributed by atoms with Gasteiger partial charge in [-0.05, 0) is 52.9 Å². The van der Waals surface area contributed by atoms with Crippen molar-refractivity contribution in [1.82, 2.24) is 20.3 Å². The van der Waals surface area contributed by atoms with Gasteiger partial charge in [0.25, 0.3) is 0 Å². The molecule has 44 heavy (non-hydrogen) atoms. The molecule has 1 aliphatic rings. The Bertz CT molecular complexity index is 1510. The van der Waals surface area contributed by atoms with Crippen LogP contribution in [0.4, 0.5) is 35.4 Å². The number of aromatic hydroxyl groups is 1. The fraction of sp³-hybridized carbons (Fsp3) is 0.267. The molecule has 14 heteroatoms. The third-order valence-corrected chi connectivity index (χ3v) is 6.51. The molecule has 0 amide bonds. The maximum atomic E-state index is 13.4. The summed E-state index contributed by atoms with van der Waals surface area (Å²) in [4.78, 5) is 25.1. The van der Waals surface area contributed by atoms with E-state index in [0.717, 1.165) is 54.9 Å². The first kappa shape index (κ1) is 31.9. The van der Waals surface area contributed by atoms with Crippen LogP contribution < -0.4 is 20.9 Å². The van der Waals surface area contributed by atoms with Crippen LogP contribution in [0.1, 0.15) is 11.1 Å². The van der Waals surface area contributed by atoms with E-state index in [-0.39, 0.29) is 11.6 Å². The van der Waals surface area contributed by atoms with Crippen molar-refractivity contribution in [3.05, 3.63) is 89.7 Å². The summed E-state index contributed by atoms with van der Waals surface area (Å²) in [5.41, 5.74) is 4.14. The van der Waals surface area contributed by atoms with E-state index in [9.17, 15) is 22.7 Å². The van der Waals surface area contributed by atoms with Crippen molar-refractivity contribution < 1.29 is 32.6 Å². The van der Waals surface area contributed by atoms with Crippen molar-refractivity contribution in [2.45, 2.75) is 19.1 Å². The number of aliphatic carboxylic acids is 1. The normalized spacial score (nSPS) is 13.0. The Morgan fingerprint density at radius 1 is 0.886 bits per heavy atom. The van der Waals surface area contributed by atoms with Crippen LogP contribution in [0.5, 0.6) is 5.75 Å². The van der Waals surface area contributed by atoms with Gasteiger partial charge in [-0.15, -0.1) is 0 Å². The van der Waals surface area contributed by atoms with Gasteiger partial charge in [0.2, 0.25) is 17.8 Å². The van der Waals surface area contributed by atoms with Crippen molar-refractivity contribution in [2.24, 2.45) is 0 Å². The zero-order valence-corrected chi connectivity index (χ0v) is 23.5. The number of carboxylic acids is 1. The number of aromatic nitrogens is 3. The Hall–Kier alpha value is -4.98. The topological polar surface area (TPSA) is 136 Å². The lowest BCUT2D eigenvalue weighted by Gasteiger charge is -2.27. The van der Waals surface area contributed by atoms with E-state index >= 15 is 0 Å². The molecule has 5 rings (SSSR count). The summed E-state index contributed by atoms with van der Waals surface area (Å²) in [6, 6.07) is 21.7. The first-order chi connectivity index (χ1) is 21.1. The largest absolute Gasteiger partial charge is 0.508 e. The molecule has 0 bridgehead atoms. The van der Waals surface area contributed by atoms with Gasteiger partial charge in [0, 0.05) is 39.3 Å². The van der Waals surface area contributed by atoms with E-state index < -0.39 is 12.1 Å². The average Bonchev–Trinajstić information content (AvgIpc) is 3.02. The summed E-state index contributed by atoms with van der Waals surface area (Å²) < 4.78 is 45.2. The lowest BCUT2D eigenvalue weighted by Crippen LogP contribution is -2.44. The second-order valence-corrected chi connectivity index (χ2v) is 9.68. The van der Waals surface area contributed by atoms with Crippen molar-refractivity contribution in [2.75, 3.05) is 48.3 Å². The van der Waals surface area contributed by atoms with E-state index in [1.54, 1.807) is 24.3 Å². The van der Waals surface area contributed by atoms with E-state index in [4.69, 9.17) is 14.9 Å². The van der Waals surface area contributed by atoms with Crippen molar-refractivity contribution >= 4 is 23.8 Å². The molecule has 0 saturated carbocycles. The number of nitrogens with one attached hydrogen (secondary N) is 3. The van der Waals surface area contributed by atoms with Gasteiger partial charge in [-0.1, -0.05) is 48.5 Å². The minimum atomic E-state index is -5.08. The molecule has 1 fully saturated rings. The van der Waals surface area contributed by atoms with Crippen LogP contribution >= 0.6 is 0 Å². The minimum absolute atomic E-state index is 0.254. The quantitative estimate of drug-likeness (QED) is 0.169. The fourth-order valence-corrected chi connectivity index (χ4v) is 4.27. The smallest absolute Gasteiger partial charge is 0.490 e. The highest BCUT2D eigenvalue weighted by molar-refractivity contribution is 5.73. The summed E-state index contributed by atoms with van der Waals surface area (Å²) in [6.07, 6.45) is -4.32. The lowest BCUT2D eigenvalue weighted by atomic mass is 10.00. The van der Waals surface area contributed by atoms with Gasteiger partial charge >= 0.3 is 12.1 Å². The molecular weight excluding hydrogens is 582 g/mol. The molecule has 0 atom stereocenters. The first-order valence-electron chi connectivity index (χ1n) is 13.7. The van der Waals surface area contributed by atoms with Crippen LogP contribution in [0.2, 0.25) is 0 Å². The number of halogens is 4. The molecule has 4 aromatic rings. The third-order valence-electron chi connectivity index (χ3n) is 6.51. The van der Waals surface area contributed by atoms with Gasteiger partial charge in [0.1, 0.15) is 11.6 Å². The Morgan fingerprint density at radius 2 is 1.50 bits per heavy atom. The van der Waals surface area contributed by atoms with Gasteiger partial charge in [0.05, 0.1) is 0 Å². The Balaban J connectivity index is 0.000000566.